The summed E-state index contributed by atoms with van der Waals surface area (Å²) in [6, 6.07) is 0. The fourth-order valence-electron chi connectivity index (χ4n) is 0.898. The van der Waals surface area contributed by atoms with Crippen LogP contribution in [0.25, 0.3) is 0 Å². The highest BCUT2D eigenvalue weighted by Gasteiger charge is 2.11. The van der Waals surface area contributed by atoms with Gasteiger partial charge in [0.15, 0.2) is 9.84 Å². The highest BCUT2D eigenvalue weighted by Crippen LogP contribution is 2.21. The van der Waals surface area contributed by atoms with Gasteiger partial charge in [-0.2, -0.15) is 0 Å². The summed E-state index contributed by atoms with van der Waals surface area (Å²) >= 11 is 4.77. The molecule has 74 valence electrons. The van der Waals surface area contributed by atoms with Gasteiger partial charge in [0.25, 0.3) is 0 Å². The lowest BCUT2D eigenvalue weighted by molar-refractivity contribution is 0.601. The Kier molecular flexibility index (Phi) is 3.48. The molecule has 1 rings (SSSR count). The molecule has 6 heteroatoms. The zero-order valence-electron chi connectivity index (χ0n) is 7.37. The summed E-state index contributed by atoms with van der Waals surface area (Å²) < 4.78 is 21.9. The van der Waals surface area contributed by atoms with Gasteiger partial charge in [-0.05, 0) is 6.92 Å². The largest absolute Gasteiger partial charge is 0.245 e. The lowest BCUT2D eigenvalue weighted by Crippen LogP contribution is -1.99. The third kappa shape index (κ3) is 3.36. The minimum absolute atomic E-state index is 0.0471. The molecule has 0 N–H and O–H groups in total. The van der Waals surface area contributed by atoms with Gasteiger partial charge in [0.1, 0.15) is 10.8 Å². The number of thiazole rings is 1. The molecular weight excluding hydrogens is 274 g/mol. The first-order chi connectivity index (χ1) is 5.92. The van der Waals surface area contributed by atoms with Gasteiger partial charge in [-0.3, -0.25) is 0 Å². The van der Waals surface area contributed by atoms with Crippen molar-refractivity contribution in [3.63, 3.8) is 0 Å². The lowest BCUT2D eigenvalue weighted by atomic mass is 10.4. The first-order valence-electron chi connectivity index (χ1n) is 3.61. The molecule has 0 bridgehead atoms. The second-order valence-corrected chi connectivity index (χ2v) is 6.69. The molecule has 0 fully saturated rings. The van der Waals surface area contributed by atoms with Crippen LogP contribution in [0.2, 0.25) is 0 Å². The zero-order valence-corrected chi connectivity index (χ0v) is 10.6. The van der Waals surface area contributed by atoms with E-state index in [4.69, 9.17) is 0 Å². The normalized spacial score (nSPS) is 11.9. The van der Waals surface area contributed by atoms with E-state index in [1.54, 1.807) is 0 Å². The molecule has 0 amide bonds. The molecule has 1 heterocycles. The Balaban J connectivity index is 2.92. The third-order valence-corrected chi connectivity index (χ3v) is 4.51. The molecule has 0 spiro atoms. The molecule has 0 aromatic carbocycles. The minimum atomic E-state index is -2.96. The first kappa shape index (κ1) is 11.1. The summed E-state index contributed by atoms with van der Waals surface area (Å²) in [6.07, 6.45) is 1.22. The molecule has 0 aliphatic rings. The summed E-state index contributed by atoms with van der Waals surface area (Å²) in [5.74, 6) is 0.0471. The maximum atomic E-state index is 11.0. The van der Waals surface area contributed by atoms with Gasteiger partial charge in [0.05, 0.1) is 5.69 Å². The van der Waals surface area contributed by atoms with Gasteiger partial charge < -0.3 is 0 Å². The van der Waals surface area contributed by atoms with E-state index in [9.17, 15) is 8.42 Å². The van der Waals surface area contributed by atoms with Crippen LogP contribution in [-0.2, 0) is 20.9 Å². The Morgan fingerprint density at radius 3 is 2.54 bits per heavy atom. The van der Waals surface area contributed by atoms with Crippen molar-refractivity contribution < 1.29 is 8.42 Å². The van der Waals surface area contributed by atoms with Crippen molar-refractivity contribution in [1.82, 2.24) is 4.98 Å². The van der Waals surface area contributed by atoms with Crippen molar-refractivity contribution in [3.8, 4) is 0 Å². The van der Waals surface area contributed by atoms with Crippen LogP contribution in [0.1, 0.15) is 15.6 Å². The fourth-order valence-corrected chi connectivity index (χ4v) is 3.75. The summed E-state index contributed by atoms with van der Waals surface area (Å²) in [6.45, 7) is 1.89. The number of alkyl halides is 1. The van der Waals surface area contributed by atoms with Gasteiger partial charge in [-0.25, -0.2) is 13.4 Å². The smallest absolute Gasteiger partial charge is 0.153 e. The van der Waals surface area contributed by atoms with Crippen molar-refractivity contribution in [3.05, 3.63) is 15.6 Å². The van der Waals surface area contributed by atoms with E-state index in [0.29, 0.717) is 5.01 Å². The van der Waals surface area contributed by atoms with Gasteiger partial charge in [-0.1, -0.05) is 15.9 Å². The molecule has 3 nitrogen and oxygen atoms in total. The monoisotopic (exact) mass is 283 g/mol. The predicted octanol–water partition coefficient (Wildman–Crippen LogP) is 1.89. The van der Waals surface area contributed by atoms with Gasteiger partial charge >= 0.3 is 0 Å². The Morgan fingerprint density at radius 1 is 1.54 bits per heavy atom. The second kappa shape index (κ2) is 4.06. The average Bonchev–Trinajstić information content (AvgIpc) is 2.26. The van der Waals surface area contributed by atoms with Crippen molar-refractivity contribution in [2.75, 3.05) is 6.26 Å². The highest BCUT2D eigenvalue weighted by molar-refractivity contribution is 9.08. The van der Waals surface area contributed by atoms with Crippen LogP contribution in [0, 0.1) is 6.92 Å². The Hall–Kier alpha value is 0.0600. The molecule has 0 aliphatic carbocycles. The number of hydrogen-bond acceptors (Lipinski definition) is 4. The number of rotatable bonds is 3. The maximum absolute atomic E-state index is 11.0. The van der Waals surface area contributed by atoms with Crippen LogP contribution in [0.4, 0.5) is 0 Å². The molecule has 0 saturated heterocycles. The number of aromatic nitrogens is 1. The molecule has 0 atom stereocenters. The lowest BCUT2D eigenvalue weighted by Gasteiger charge is -1.90. The van der Waals surface area contributed by atoms with Crippen LogP contribution in [0.3, 0.4) is 0 Å². The number of nitrogens with zero attached hydrogens (tertiary/aromatic N) is 1. The van der Waals surface area contributed by atoms with Crippen molar-refractivity contribution in [2.45, 2.75) is 18.0 Å². The van der Waals surface area contributed by atoms with Crippen molar-refractivity contribution >= 4 is 37.1 Å². The molecule has 1 aromatic rings. The van der Waals surface area contributed by atoms with Crippen LogP contribution < -0.4 is 0 Å². The average molecular weight is 284 g/mol. The second-order valence-electron chi connectivity index (χ2n) is 2.82. The van der Waals surface area contributed by atoms with Crippen LogP contribution in [0.15, 0.2) is 0 Å². The Labute approximate surface area is 90.2 Å². The number of sulfone groups is 1. The first-order valence-corrected chi connectivity index (χ1v) is 7.61. The van der Waals surface area contributed by atoms with E-state index in [-0.39, 0.29) is 5.75 Å². The quantitative estimate of drug-likeness (QED) is 0.796. The molecule has 0 saturated carbocycles. The maximum Gasteiger partial charge on any atom is 0.153 e. The SMILES string of the molecule is Cc1nc(CS(C)(=O)=O)sc1CBr. The van der Waals surface area contributed by atoms with E-state index in [2.05, 4.69) is 20.9 Å². The summed E-state index contributed by atoms with van der Waals surface area (Å²) in [5.41, 5.74) is 0.917. The predicted molar refractivity (Wildman–Crippen MR) is 58.0 cm³/mol. The molecule has 0 radical (unpaired) electrons. The summed E-state index contributed by atoms with van der Waals surface area (Å²) in [4.78, 5) is 5.27. The molecule has 0 unspecified atom stereocenters. The molecule has 1 aromatic heterocycles. The molecular formula is C7H10BrNO2S2. The third-order valence-electron chi connectivity index (χ3n) is 1.44. The number of halogens is 1. The summed E-state index contributed by atoms with van der Waals surface area (Å²) in [7, 11) is -2.96. The van der Waals surface area contributed by atoms with E-state index < -0.39 is 9.84 Å². The summed E-state index contributed by atoms with van der Waals surface area (Å²) in [5, 5.41) is 1.41. The van der Waals surface area contributed by atoms with E-state index in [1.165, 1.54) is 17.6 Å². The van der Waals surface area contributed by atoms with E-state index >= 15 is 0 Å². The van der Waals surface area contributed by atoms with Gasteiger partial charge in [-0.15, -0.1) is 11.3 Å². The number of hydrogen-bond donors (Lipinski definition) is 0. The van der Waals surface area contributed by atoms with E-state index in [0.717, 1.165) is 15.9 Å². The minimum Gasteiger partial charge on any atom is -0.245 e. The molecule has 0 aliphatic heterocycles. The topological polar surface area (TPSA) is 47.0 Å². The number of aryl methyl sites for hydroxylation is 1. The van der Waals surface area contributed by atoms with Crippen molar-refractivity contribution in [2.24, 2.45) is 0 Å². The highest BCUT2D eigenvalue weighted by atomic mass is 79.9. The Bertz CT molecular complexity index is 397. The molecule has 13 heavy (non-hydrogen) atoms. The Morgan fingerprint density at radius 2 is 2.15 bits per heavy atom. The van der Waals surface area contributed by atoms with Crippen LogP contribution >= 0.6 is 27.3 Å². The fraction of sp³-hybridized carbons (Fsp3) is 0.571. The van der Waals surface area contributed by atoms with Gasteiger partial charge in [0, 0.05) is 16.5 Å². The van der Waals surface area contributed by atoms with Crippen LogP contribution in [-0.4, -0.2) is 19.7 Å². The van der Waals surface area contributed by atoms with Crippen LogP contribution in [0.5, 0.6) is 0 Å². The van der Waals surface area contributed by atoms with Crippen molar-refractivity contribution in [1.29, 1.82) is 0 Å². The van der Waals surface area contributed by atoms with E-state index in [1.807, 2.05) is 6.92 Å². The zero-order chi connectivity index (χ0) is 10.1. The van der Waals surface area contributed by atoms with Gasteiger partial charge in [0.2, 0.25) is 0 Å². The standard InChI is InChI=1S/C7H10BrNO2S2/c1-5-6(3-8)12-7(9-5)4-13(2,10)11/h3-4H2,1-2H3.